The van der Waals surface area contributed by atoms with Gasteiger partial charge in [0, 0.05) is 11.1 Å². The molecule has 0 aromatic heterocycles. The Morgan fingerprint density at radius 2 is 1.91 bits per heavy atom. The maximum Gasteiger partial charge on any atom is 0.256 e. The molecule has 0 aliphatic carbocycles. The van der Waals surface area contributed by atoms with Crippen LogP contribution in [0.2, 0.25) is 5.02 Å². The zero-order chi connectivity index (χ0) is 15.7. The van der Waals surface area contributed by atoms with Crippen molar-refractivity contribution < 1.29 is 14.3 Å². The topological polar surface area (TPSA) is 55.4 Å². The van der Waals surface area contributed by atoms with Crippen molar-refractivity contribution in [3.05, 3.63) is 64.7 Å². The summed E-state index contributed by atoms with van der Waals surface area (Å²) in [6.45, 7) is 0. The zero-order valence-corrected chi connectivity index (χ0v) is 12.5. The van der Waals surface area contributed by atoms with Gasteiger partial charge in [-0.3, -0.25) is 9.59 Å². The summed E-state index contributed by atoms with van der Waals surface area (Å²) in [4.78, 5) is 24.4. The van der Waals surface area contributed by atoms with E-state index in [4.69, 9.17) is 16.3 Å². The van der Waals surface area contributed by atoms with Crippen LogP contribution in [0.3, 0.4) is 0 Å². The molecule has 1 amide bonds. The minimum atomic E-state index is -0.329. The van der Waals surface area contributed by atoms with Gasteiger partial charge < -0.3 is 10.1 Å². The number of carbonyl (C=O) groups is 2. The molecule has 2 aromatic rings. The molecular formula is C17H12ClNO3. The third-order valence-electron chi connectivity index (χ3n) is 3.43. The lowest BCUT2D eigenvalue weighted by Gasteiger charge is -2.02. The maximum atomic E-state index is 12.3. The molecule has 1 heterocycles. The van der Waals surface area contributed by atoms with Crippen molar-refractivity contribution in [2.75, 3.05) is 12.4 Å². The second-order valence-corrected chi connectivity index (χ2v) is 5.17. The third-order valence-corrected chi connectivity index (χ3v) is 3.74. The number of anilines is 1. The summed E-state index contributed by atoms with van der Waals surface area (Å²) < 4.78 is 5.05. The third kappa shape index (κ3) is 2.49. The molecule has 0 spiro atoms. The van der Waals surface area contributed by atoms with Crippen LogP contribution in [0.1, 0.15) is 15.9 Å². The minimum Gasteiger partial charge on any atom is -0.497 e. The van der Waals surface area contributed by atoms with E-state index in [1.807, 2.05) is 0 Å². The van der Waals surface area contributed by atoms with Crippen molar-refractivity contribution in [2.24, 2.45) is 0 Å². The predicted octanol–water partition coefficient (Wildman–Crippen LogP) is 3.57. The molecule has 1 N–H and O–H groups in total. The van der Waals surface area contributed by atoms with Crippen molar-refractivity contribution >= 4 is 34.6 Å². The largest absolute Gasteiger partial charge is 0.497 e. The van der Waals surface area contributed by atoms with Crippen LogP contribution in [0, 0.1) is 0 Å². The van der Waals surface area contributed by atoms with E-state index in [1.165, 1.54) is 6.08 Å². The van der Waals surface area contributed by atoms with E-state index in [1.54, 1.807) is 49.6 Å². The van der Waals surface area contributed by atoms with Crippen LogP contribution in [0.5, 0.6) is 5.75 Å². The minimum absolute atomic E-state index is 0.263. The van der Waals surface area contributed by atoms with Crippen LogP contribution in [-0.2, 0) is 4.79 Å². The highest BCUT2D eigenvalue weighted by molar-refractivity contribution is 6.41. The fourth-order valence-electron chi connectivity index (χ4n) is 2.31. The van der Waals surface area contributed by atoms with Crippen LogP contribution >= 0.6 is 11.6 Å². The average molecular weight is 314 g/mol. The summed E-state index contributed by atoms with van der Waals surface area (Å²) in [7, 11) is 1.56. The fraction of sp³-hybridized carbons (Fsp3) is 0.0588. The van der Waals surface area contributed by atoms with Gasteiger partial charge in [0.25, 0.3) is 5.91 Å². The Labute approximate surface area is 132 Å². The maximum absolute atomic E-state index is 12.3. The highest BCUT2D eigenvalue weighted by Crippen LogP contribution is 2.37. The van der Waals surface area contributed by atoms with Crippen molar-refractivity contribution in [3.63, 3.8) is 0 Å². The van der Waals surface area contributed by atoms with E-state index in [0.717, 1.165) is 0 Å². The fourth-order valence-corrected chi connectivity index (χ4v) is 2.59. The highest BCUT2D eigenvalue weighted by atomic mass is 35.5. The molecule has 22 heavy (non-hydrogen) atoms. The quantitative estimate of drug-likeness (QED) is 0.696. The van der Waals surface area contributed by atoms with E-state index < -0.39 is 0 Å². The molecule has 0 radical (unpaired) electrons. The lowest BCUT2D eigenvalue weighted by molar-refractivity contribution is -0.110. The number of methoxy groups -OCH3 is 1. The number of benzene rings is 2. The number of hydrogen-bond donors (Lipinski definition) is 1. The number of hydrogen-bond acceptors (Lipinski definition) is 3. The monoisotopic (exact) mass is 313 g/mol. The van der Waals surface area contributed by atoms with E-state index in [9.17, 15) is 9.59 Å². The number of halogens is 1. The lowest BCUT2D eigenvalue weighted by atomic mass is 10.0. The number of nitrogens with one attached hydrogen (secondary N) is 1. The van der Waals surface area contributed by atoms with Crippen LogP contribution in [0.4, 0.5) is 5.69 Å². The molecule has 1 aliphatic heterocycles. The predicted molar refractivity (Wildman–Crippen MR) is 85.4 cm³/mol. The molecule has 3 rings (SSSR count). The Balaban J connectivity index is 1.98. The summed E-state index contributed by atoms with van der Waals surface area (Å²) in [5.41, 5.74) is 1.94. The summed E-state index contributed by atoms with van der Waals surface area (Å²) in [5, 5.41) is 3.13. The molecule has 1 aliphatic rings. The second-order valence-electron chi connectivity index (χ2n) is 4.77. The van der Waals surface area contributed by atoms with Gasteiger partial charge in [0.2, 0.25) is 0 Å². The molecule has 110 valence electrons. The number of allylic oxidation sites excluding steroid dienone is 1. The Hall–Kier alpha value is -2.59. The SMILES string of the molecule is COc1ccc(C(=O)/C=C2/C(=O)Nc3cccc(Cl)c32)cc1. The van der Waals surface area contributed by atoms with E-state index in [2.05, 4.69) is 5.32 Å². The first-order chi connectivity index (χ1) is 10.6. The van der Waals surface area contributed by atoms with Crippen molar-refractivity contribution in [2.45, 2.75) is 0 Å². The average Bonchev–Trinajstić information content (AvgIpc) is 2.84. The number of rotatable bonds is 3. The van der Waals surface area contributed by atoms with Gasteiger partial charge in [-0.05, 0) is 42.5 Å². The Morgan fingerprint density at radius 1 is 1.18 bits per heavy atom. The molecule has 0 saturated carbocycles. The summed E-state index contributed by atoms with van der Waals surface area (Å²) in [6, 6.07) is 11.9. The van der Waals surface area contributed by atoms with Crippen molar-refractivity contribution in [3.8, 4) is 5.75 Å². The van der Waals surface area contributed by atoms with E-state index in [-0.39, 0.29) is 17.3 Å². The number of ketones is 1. The lowest BCUT2D eigenvalue weighted by Crippen LogP contribution is -2.06. The number of ether oxygens (including phenoxy) is 1. The zero-order valence-electron chi connectivity index (χ0n) is 11.7. The number of carbonyl (C=O) groups excluding carboxylic acids is 2. The molecule has 0 bridgehead atoms. The Bertz CT molecular complexity index is 794. The van der Waals surface area contributed by atoms with Crippen molar-refractivity contribution in [1.82, 2.24) is 0 Å². The molecular weight excluding hydrogens is 302 g/mol. The first-order valence-electron chi connectivity index (χ1n) is 6.60. The van der Waals surface area contributed by atoms with Crippen LogP contribution in [0.15, 0.2) is 48.5 Å². The molecule has 0 atom stereocenters. The van der Waals surface area contributed by atoms with Gasteiger partial charge in [0.05, 0.1) is 23.4 Å². The number of fused-ring (bicyclic) bond motifs is 1. The van der Waals surface area contributed by atoms with Gasteiger partial charge in [-0.2, -0.15) is 0 Å². The molecule has 0 fully saturated rings. The molecule has 0 unspecified atom stereocenters. The van der Waals surface area contributed by atoms with Gasteiger partial charge in [0.15, 0.2) is 5.78 Å². The van der Waals surface area contributed by atoms with Gasteiger partial charge in [-0.1, -0.05) is 17.7 Å². The summed E-state index contributed by atoms with van der Waals surface area (Å²) in [5.74, 6) is 0.0711. The molecule has 5 heteroatoms. The highest BCUT2D eigenvalue weighted by Gasteiger charge is 2.27. The standard InChI is InChI=1S/C17H12ClNO3/c1-22-11-7-5-10(6-8-11)15(20)9-12-16-13(18)3-2-4-14(16)19-17(12)21/h2-9H,1H3,(H,19,21)/b12-9+. The normalized spacial score (nSPS) is 14.6. The van der Waals surface area contributed by atoms with Crippen LogP contribution < -0.4 is 10.1 Å². The van der Waals surface area contributed by atoms with Crippen molar-refractivity contribution in [1.29, 1.82) is 0 Å². The van der Waals surface area contributed by atoms with Gasteiger partial charge in [0.1, 0.15) is 5.75 Å². The van der Waals surface area contributed by atoms with E-state index in [0.29, 0.717) is 27.6 Å². The second kappa shape index (κ2) is 5.66. The van der Waals surface area contributed by atoms with E-state index >= 15 is 0 Å². The summed E-state index contributed by atoms with van der Waals surface area (Å²) in [6.07, 6.45) is 1.31. The van der Waals surface area contributed by atoms with Gasteiger partial charge in [-0.15, -0.1) is 0 Å². The smallest absolute Gasteiger partial charge is 0.256 e. The Kier molecular flexibility index (Phi) is 3.69. The van der Waals surface area contributed by atoms with Crippen LogP contribution in [-0.4, -0.2) is 18.8 Å². The summed E-state index contributed by atoms with van der Waals surface area (Å²) >= 11 is 6.14. The van der Waals surface area contributed by atoms with Gasteiger partial charge in [-0.25, -0.2) is 0 Å². The molecule has 4 nitrogen and oxygen atoms in total. The molecule has 2 aromatic carbocycles. The first kappa shape index (κ1) is 14.4. The Morgan fingerprint density at radius 3 is 2.59 bits per heavy atom. The number of amides is 1. The van der Waals surface area contributed by atoms with Gasteiger partial charge >= 0.3 is 0 Å². The van der Waals surface area contributed by atoms with Crippen LogP contribution in [0.25, 0.3) is 5.57 Å². The first-order valence-corrected chi connectivity index (χ1v) is 6.98. The molecule has 0 saturated heterocycles.